The number of hydrogen-bond acceptors (Lipinski definition) is 8. The normalized spacial score (nSPS) is 17.8. The van der Waals surface area contributed by atoms with Crippen molar-refractivity contribution in [3.63, 3.8) is 0 Å². The van der Waals surface area contributed by atoms with Crippen LogP contribution in [0.1, 0.15) is 40.3 Å². The zero-order chi connectivity index (χ0) is 31.8. The van der Waals surface area contributed by atoms with Gasteiger partial charge in [0.1, 0.15) is 5.75 Å². The van der Waals surface area contributed by atoms with Crippen LogP contribution >= 0.6 is 0 Å². The molecule has 46 heavy (non-hydrogen) atoms. The average molecular weight is 620 g/mol. The van der Waals surface area contributed by atoms with E-state index >= 15 is 0 Å². The van der Waals surface area contributed by atoms with E-state index in [1.807, 2.05) is 97.1 Å². The lowest BCUT2D eigenvalue weighted by atomic mass is 9.81. The Balaban J connectivity index is 1.39. The summed E-state index contributed by atoms with van der Waals surface area (Å²) >= 11 is 0. The van der Waals surface area contributed by atoms with E-state index in [1.165, 1.54) is 0 Å². The first-order chi connectivity index (χ1) is 22.6. The number of hydrogen-bond donors (Lipinski definition) is 2. The molecule has 11 heteroatoms. The maximum atomic E-state index is 14.6. The van der Waals surface area contributed by atoms with Crippen molar-refractivity contribution in [2.45, 2.75) is 37.6 Å². The number of aliphatic imine (C=N–C) groups is 1. The van der Waals surface area contributed by atoms with Crippen LogP contribution in [0.2, 0.25) is 0 Å². The Bertz CT molecular complexity index is 1760. The third-order valence-corrected chi connectivity index (χ3v) is 7.90. The molecule has 4 aromatic carbocycles. The van der Waals surface area contributed by atoms with Gasteiger partial charge in [-0.3, -0.25) is 4.79 Å². The van der Waals surface area contributed by atoms with Gasteiger partial charge in [0.15, 0.2) is 23.1 Å². The van der Waals surface area contributed by atoms with E-state index in [0.29, 0.717) is 41.7 Å². The van der Waals surface area contributed by atoms with Gasteiger partial charge < -0.3 is 29.4 Å². The average Bonchev–Trinajstić information content (AvgIpc) is 3.73. The SMILES string of the molecule is [N-]=[N+]=NCc1ccccc1C[C@@]1(C(=O)NCc2ccc3c(c2)OCO3)N=C(c2ccc(OCCCO)cc2)O[C@@H]1c1ccccc1. The number of carbonyl (C=O) groups is 1. The lowest BCUT2D eigenvalue weighted by molar-refractivity contribution is -0.129. The van der Waals surface area contributed by atoms with Gasteiger partial charge in [0.05, 0.1) is 13.2 Å². The molecule has 234 valence electrons. The van der Waals surface area contributed by atoms with Crippen LogP contribution in [0.25, 0.3) is 10.4 Å². The van der Waals surface area contributed by atoms with E-state index in [0.717, 1.165) is 22.3 Å². The number of nitrogens with zero attached hydrogens (tertiary/aromatic N) is 4. The molecular formula is C35H33N5O6. The van der Waals surface area contributed by atoms with Crippen molar-refractivity contribution < 1.29 is 28.8 Å². The number of carbonyl (C=O) groups excluding carboxylic acids is 1. The Morgan fingerprint density at radius 2 is 1.76 bits per heavy atom. The van der Waals surface area contributed by atoms with Gasteiger partial charge in [0.2, 0.25) is 12.7 Å². The number of ether oxygens (including phenoxy) is 4. The van der Waals surface area contributed by atoms with Gasteiger partial charge in [-0.1, -0.05) is 65.8 Å². The monoisotopic (exact) mass is 619 g/mol. The van der Waals surface area contributed by atoms with Crippen LogP contribution in [0.3, 0.4) is 0 Å². The molecule has 11 nitrogen and oxygen atoms in total. The number of azide groups is 1. The molecule has 0 aliphatic carbocycles. The summed E-state index contributed by atoms with van der Waals surface area (Å²) in [6.07, 6.45) is -0.0578. The smallest absolute Gasteiger partial charge is 0.252 e. The third-order valence-electron chi connectivity index (χ3n) is 7.90. The van der Waals surface area contributed by atoms with E-state index in [1.54, 1.807) is 0 Å². The molecule has 0 radical (unpaired) electrons. The van der Waals surface area contributed by atoms with Gasteiger partial charge in [0.25, 0.3) is 5.91 Å². The van der Waals surface area contributed by atoms with Crippen molar-refractivity contribution in [2.75, 3.05) is 20.0 Å². The molecule has 2 atom stereocenters. The van der Waals surface area contributed by atoms with Crippen LogP contribution < -0.4 is 19.5 Å². The molecule has 1 amide bonds. The molecular weight excluding hydrogens is 586 g/mol. The highest BCUT2D eigenvalue weighted by Gasteiger charge is 2.53. The Hall–Kier alpha value is -5.51. The summed E-state index contributed by atoms with van der Waals surface area (Å²) in [5.41, 5.74) is 11.5. The van der Waals surface area contributed by atoms with Gasteiger partial charge >= 0.3 is 0 Å². The van der Waals surface area contributed by atoms with Crippen LogP contribution in [0, 0.1) is 0 Å². The third kappa shape index (κ3) is 6.61. The van der Waals surface area contributed by atoms with Crippen molar-refractivity contribution in [1.29, 1.82) is 0 Å². The van der Waals surface area contributed by atoms with Crippen molar-refractivity contribution in [3.05, 3.63) is 135 Å². The standard InChI is InChI=1S/C35H33N5O6/c36-40-38-22-28-10-5-4-9-27(28)20-35(34(42)37-21-24-11-16-30-31(19-24)45-23-44-30)32(25-7-2-1-3-8-25)46-33(39-35)26-12-14-29(15-13-26)43-18-6-17-41/h1-5,7-16,19,32,41H,6,17-18,20-23H2,(H,37,42)/t32-,35-/m1/s1. The number of fused-ring (bicyclic) bond motifs is 1. The summed E-state index contributed by atoms with van der Waals surface area (Å²) in [5.74, 6) is 1.94. The molecule has 2 aliphatic rings. The Morgan fingerprint density at radius 1 is 1.00 bits per heavy atom. The number of rotatable bonds is 13. The highest BCUT2D eigenvalue weighted by atomic mass is 16.7. The summed E-state index contributed by atoms with van der Waals surface area (Å²) < 4.78 is 23.3. The first kappa shape index (κ1) is 30.5. The van der Waals surface area contributed by atoms with E-state index in [4.69, 9.17) is 34.6 Å². The van der Waals surface area contributed by atoms with Gasteiger partial charge in [-0.05, 0) is 64.2 Å². The fourth-order valence-corrected chi connectivity index (χ4v) is 5.58. The van der Waals surface area contributed by atoms with Gasteiger partial charge in [-0.2, -0.15) is 0 Å². The quantitative estimate of drug-likeness (QED) is 0.0836. The van der Waals surface area contributed by atoms with Crippen molar-refractivity contribution in [3.8, 4) is 17.2 Å². The molecule has 2 aliphatic heterocycles. The molecule has 0 saturated heterocycles. The summed E-state index contributed by atoms with van der Waals surface area (Å²) in [7, 11) is 0. The number of nitrogens with one attached hydrogen (secondary N) is 1. The Labute approximate surface area is 266 Å². The van der Waals surface area contributed by atoms with Crippen molar-refractivity contribution in [1.82, 2.24) is 5.32 Å². The predicted molar refractivity (Wildman–Crippen MR) is 171 cm³/mol. The minimum atomic E-state index is -1.42. The second kappa shape index (κ2) is 14.1. The van der Waals surface area contributed by atoms with E-state index in [9.17, 15) is 4.79 Å². The zero-order valence-corrected chi connectivity index (χ0v) is 25.0. The predicted octanol–water partition coefficient (Wildman–Crippen LogP) is 5.80. The van der Waals surface area contributed by atoms with Crippen molar-refractivity contribution >= 4 is 11.8 Å². The lowest BCUT2D eigenvalue weighted by Crippen LogP contribution is -2.49. The van der Waals surface area contributed by atoms with Crippen LogP contribution in [-0.4, -0.2) is 42.5 Å². The minimum Gasteiger partial charge on any atom is -0.494 e. The Kier molecular flexibility index (Phi) is 9.33. The molecule has 0 bridgehead atoms. The van der Waals surface area contributed by atoms with Crippen molar-refractivity contribution in [2.24, 2.45) is 10.1 Å². The Morgan fingerprint density at radius 3 is 2.54 bits per heavy atom. The number of aliphatic hydroxyl groups is 1. The van der Waals surface area contributed by atoms with Crippen LogP contribution in [0.15, 0.2) is 107 Å². The highest BCUT2D eigenvalue weighted by molar-refractivity contribution is 6.01. The summed E-state index contributed by atoms with van der Waals surface area (Å²) in [4.78, 5) is 22.6. The topological polar surface area (TPSA) is 147 Å². The van der Waals surface area contributed by atoms with E-state index in [-0.39, 0.29) is 38.8 Å². The summed E-state index contributed by atoms with van der Waals surface area (Å²) in [5, 5.41) is 16.0. The first-order valence-corrected chi connectivity index (χ1v) is 15.0. The minimum absolute atomic E-state index is 0.0500. The molecule has 2 N–H and O–H groups in total. The fourth-order valence-electron chi connectivity index (χ4n) is 5.58. The molecule has 0 unspecified atom stereocenters. The van der Waals surface area contributed by atoms with E-state index < -0.39 is 11.6 Å². The second-order valence-corrected chi connectivity index (χ2v) is 10.9. The number of amides is 1. The van der Waals surface area contributed by atoms with E-state index in [2.05, 4.69) is 15.3 Å². The van der Waals surface area contributed by atoms with Gasteiger partial charge in [0, 0.05) is 36.5 Å². The molecule has 6 rings (SSSR count). The molecule has 4 aromatic rings. The number of benzene rings is 4. The lowest BCUT2D eigenvalue weighted by Gasteiger charge is -2.31. The summed E-state index contributed by atoms with van der Waals surface area (Å²) in [6, 6.07) is 30.0. The summed E-state index contributed by atoms with van der Waals surface area (Å²) in [6.45, 7) is 0.961. The maximum Gasteiger partial charge on any atom is 0.252 e. The molecule has 0 spiro atoms. The van der Waals surface area contributed by atoms with Gasteiger partial charge in [-0.15, -0.1) is 0 Å². The molecule has 0 saturated carbocycles. The molecule has 0 fully saturated rings. The second-order valence-electron chi connectivity index (χ2n) is 10.9. The molecule has 2 heterocycles. The largest absolute Gasteiger partial charge is 0.494 e. The zero-order valence-electron chi connectivity index (χ0n) is 25.0. The van der Waals surface area contributed by atoms with Gasteiger partial charge in [-0.25, -0.2) is 4.99 Å². The van der Waals surface area contributed by atoms with Crippen LogP contribution in [-0.2, 0) is 29.0 Å². The molecule has 0 aromatic heterocycles. The fraction of sp³-hybridized carbons (Fsp3) is 0.257. The highest BCUT2D eigenvalue weighted by Crippen LogP contribution is 2.43. The maximum absolute atomic E-state index is 14.6. The van der Waals surface area contributed by atoms with Crippen LogP contribution in [0.4, 0.5) is 0 Å². The van der Waals surface area contributed by atoms with Crippen LogP contribution in [0.5, 0.6) is 17.2 Å². The first-order valence-electron chi connectivity index (χ1n) is 15.0. The number of aliphatic hydroxyl groups excluding tert-OH is 1.